The lowest BCUT2D eigenvalue weighted by molar-refractivity contribution is -0.384. The average molecular weight is 469 g/mol. The van der Waals surface area contributed by atoms with Crippen LogP contribution >= 0.6 is 0 Å². The summed E-state index contributed by atoms with van der Waals surface area (Å²) in [5, 5.41) is 11.1. The predicted octanol–water partition coefficient (Wildman–Crippen LogP) is 5.12. The second-order valence-corrected chi connectivity index (χ2v) is 8.60. The number of non-ortho nitro benzene ring substituents is 1. The van der Waals surface area contributed by atoms with Crippen LogP contribution in [0.3, 0.4) is 0 Å². The van der Waals surface area contributed by atoms with E-state index in [-0.39, 0.29) is 54.1 Å². The van der Waals surface area contributed by atoms with E-state index in [2.05, 4.69) is 0 Å². The largest absolute Gasteiger partial charge is 0.477 e. The Morgan fingerprint density at radius 2 is 1.29 bits per heavy atom. The van der Waals surface area contributed by atoms with E-state index in [1.807, 2.05) is 60.7 Å². The number of Topliss-reactive ketones (excluding diaryl/α,β-unsaturated/α-hetero) is 1. The molecule has 0 aliphatic carbocycles. The molecule has 0 amide bonds. The Kier molecular flexibility index (Phi) is 5.86. The highest BCUT2D eigenvalue weighted by Gasteiger charge is 2.51. The first-order chi connectivity index (χ1) is 17.0. The summed E-state index contributed by atoms with van der Waals surface area (Å²) in [6, 6.07) is 24.4. The summed E-state index contributed by atoms with van der Waals surface area (Å²) >= 11 is 0. The number of hydrogen-bond acceptors (Lipinski definition) is 7. The van der Waals surface area contributed by atoms with Gasteiger partial charge in [0.1, 0.15) is 25.3 Å². The Morgan fingerprint density at radius 1 is 0.829 bits per heavy atom. The maximum absolute atomic E-state index is 13.9. The molecule has 8 heteroatoms. The lowest BCUT2D eigenvalue weighted by atomic mass is 9.81. The summed E-state index contributed by atoms with van der Waals surface area (Å²) in [7, 11) is 0. The maximum atomic E-state index is 13.9. The zero-order chi connectivity index (χ0) is 24.4. The number of ketones is 1. The van der Waals surface area contributed by atoms with Crippen molar-refractivity contribution in [2.24, 2.45) is 15.4 Å². The van der Waals surface area contributed by atoms with Crippen molar-refractivity contribution >= 4 is 23.3 Å². The van der Waals surface area contributed by atoms with Crippen molar-refractivity contribution < 1.29 is 19.2 Å². The van der Waals surface area contributed by atoms with E-state index in [1.54, 1.807) is 6.92 Å². The van der Waals surface area contributed by atoms with Gasteiger partial charge in [0.15, 0.2) is 11.2 Å². The number of nitrogens with zero attached hydrogens (tertiary/aromatic N) is 3. The van der Waals surface area contributed by atoms with Crippen molar-refractivity contribution in [1.82, 2.24) is 0 Å². The number of ether oxygens (including phenoxy) is 2. The number of rotatable bonds is 7. The standard InChI is InChI=1S/C27H23N3O5/c1-27(24(31)20-12-14-21(15-13-20)30(32)33,25-28-22(16-34-25)18-8-4-2-5-9-18)26-29-23(17-35-26)19-10-6-3-7-11-19/h2-15,22-23H,16-17H2,1H3/t22-,23-/m1/s1. The minimum atomic E-state index is -1.43. The van der Waals surface area contributed by atoms with Crippen LogP contribution in [-0.2, 0) is 9.47 Å². The quantitative estimate of drug-likeness (QED) is 0.271. The van der Waals surface area contributed by atoms with Gasteiger partial charge in [0, 0.05) is 17.7 Å². The van der Waals surface area contributed by atoms with E-state index >= 15 is 0 Å². The molecule has 0 spiro atoms. The minimum absolute atomic E-state index is 0.0968. The molecule has 0 radical (unpaired) electrons. The van der Waals surface area contributed by atoms with Gasteiger partial charge in [-0.2, -0.15) is 0 Å². The Balaban J connectivity index is 1.55. The van der Waals surface area contributed by atoms with Gasteiger partial charge < -0.3 is 9.47 Å². The van der Waals surface area contributed by atoms with Crippen LogP contribution in [-0.4, -0.2) is 35.7 Å². The molecule has 0 N–H and O–H groups in total. The number of benzene rings is 3. The van der Waals surface area contributed by atoms with Gasteiger partial charge in [0.05, 0.1) is 4.92 Å². The normalized spacial score (nSPS) is 19.3. The van der Waals surface area contributed by atoms with Gasteiger partial charge in [0.25, 0.3) is 5.69 Å². The fraction of sp³-hybridized carbons (Fsp3) is 0.222. The molecule has 176 valence electrons. The molecule has 5 rings (SSSR count). The monoisotopic (exact) mass is 469 g/mol. The molecule has 0 fully saturated rings. The second kappa shape index (κ2) is 9.13. The van der Waals surface area contributed by atoms with Crippen LogP contribution in [0, 0.1) is 15.5 Å². The van der Waals surface area contributed by atoms with Crippen molar-refractivity contribution in [3.05, 3.63) is 112 Å². The molecule has 2 aliphatic heterocycles. The fourth-order valence-electron chi connectivity index (χ4n) is 4.30. The van der Waals surface area contributed by atoms with E-state index in [0.29, 0.717) is 0 Å². The lowest BCUT2D eigenvalue weighted by Gasteiger charge is -2.26. The molecule has 2 aliphatic rings. The molecule has 0 saturated heterocycles. The number of carbonyl (C=O) groups excluding carboxylic acids is 1. The van der Waals surface area contributed by atoms with Crippen LogP contribution in [0.15, 0.2) is 94.9 Å². The van der Waals surface area contributed by atoms with Crippen LogP contribution in [0.1, 0.15) is 40.5 Å². The van der Waals surface area contributed by atoms with Gasteiger partial charge in [-0.15, -0.1) is 0 Å². The Hall–Kier alpha value is -4.33. The summed E-state index contributed by atoms with van der Waals surface area (Å²) in [6.45, 7) is 2.27. The number of nitro benzene ring substituents is 1. The van der Waals surface area contributed by atoms with Crippen molar-refractivity contribution in [2.45, 2.75) is 19.0 Å². The predicted molar refractivity (Wildman–Crippen MR) is 131 cm³/mol. The van der Waals surface area contributed by atoms with Crippen molar-refractivity contribution in [3.63, 3.8) is 0 Å². The van der Waals surface area contributed by atoms with Crippen LogP contribution in [0.25, 0.3) is 0 Å². The number of nitro groups is 1. The number of hydrogen-bond donors (Lipinski definition) is 0. The Labute approximate surface area is 202 Å². The molecule has 0 unspecified atom stereocenters. The molecule has 0 saturated carbocycles. The van der Waals surface area contributed by atoms with E-state index in [1.165, 1.54) is 24.3 Å². The summed E-state index contributed by atoms with van der Waals surface area (Å²) in [5.74, 6) is 0.0941. The van der Waals surface area contributed by atoms with E-state index in [4.69, 9.17) is 19.5 Å². The smallest absolute Gasteiger partial charge is 0.269 e. The summed E-state index contributed by atoms with van der Waals surface area (Å²) in [6.07, 6.45) is 0. The summed E-state index contributed by atoms with van der Waals surface area (Å²) in [4.78, 5) is 34.0. The van der Waals surface area contributed by atoms with Gasteiger partial charge in [0.2, 0.25) is 11.8 Å². The van der Waals surface area contributed by atoms with Gasteiger partial charge >= 0.3 is 0 Å². The van der Waals surface area contributed by atoms with Crippen molar-refractivity contribution in [1.29, 1.82) is 0 Å². The first kappa shape index (κ1) is 22.5. The van der Waals surface area contributed by atoms with Crippen LogP contribution in [0.2, 0.25) is 0 Å². The van der Waals surface area contributed by atoms with Gasteiger partial charge in [-0.1, -0.05) is 60.7 Å². The van der Waals surface area contributed by atoms with Crippen LogP contribution in [0.4, 0.5) is 5.69 Å². The molecule has 0 bridgehead atoms. The number of aliphatic imine (C=N–C) groups is 2. The van der Waals surface area contributed by atoms with Crippen LogP contribution in [0.5, 0.6) is 0 Å². The first-order valence-electron chi connectivity index (χ1n) is 11.3. The average Bonchev–Trinajstić information content (AvgIpc) is 3.60. The summed E-state index contributed by atoms with van der Waals surface area (Å²) < 4.78 is 12.0. The SMILES string of the molecule is CC(C(=O)c1ccc([N+](=O)[O-])cc1)(C1=N[C@@H](c2ccccc2)CO1)C1=N[C@@H](c2ccccc2)CO1. The third-order valence-corrected chi connectivity index (χ3v) is 6.32. The van der Waals surface area contributed by atoms with E-state index < -0.39 is 10.3 Å². The van der Waals surface area contributed by atoms with Crippen molar-refractivity contribution in [2.75, 3.05) is 13.2 Å². The zero-order valence-corrected chi connectivity index (χ0v) is 19.0. The molecule has 35 heavy (non-hydrogen) atoms. The molecular weight excluding hydrogens is 446 g/mol. The van der Waals surface area contributed by atoms with Gasteiger partial charge in [-0.25, -0.2) is 9.98 Å². The molecule has 2 atom stereocenters. The fourth-order valence-corrected chi connectivity index (χ4v) is 4.30. The molecule has 2 heterocycles. The van der Waals surface area contributed by atoms with Gasteiger partial charge in [-0.05, 0) is 30.2 Å². The third kappa shape index (κ3) is 4.19. The first-order valence-corrected chi connectivity index (χ1v) is 11.3. The highest BCUT2D eigenvalue weighted by Crippen LogP contribution is 2.38. The number of carbonyl (C=O) groups is 1. The Morgan fingerprint density at radius 3 is 1.71 bits per heavy atom. The van der Waals surface area contributed by atoms with E-state index in [0.717, 1.165) is 11.1 Å². The van der Waals surface area contributed by atoms with Crippen LogP contribution < -0.4 is 0 Å². The maximum Gasteiger partial charge on any atom is 0.269 e. The minimum Gasteiger partial charge on any atom is -0.477 e. The molecule has 0 aromatic heterocycles. The van der Waals surface area contributed by atoms with Crippen molar-refractivity contribution in [3.8, 4) is 0 Å². The topological polar surface area (TPSA) is 103 Å². The van der Waals surface area contributed by atoms with E-state index in [9.17, 15) is 14.9 Å². The molecule has 8 nitrogen and oxygen atoms in total. The zero-order valence-electron chi connectivity index (χ0n) is 19.0. The second-order valence-electron chi connectivity index (χ2n) is 8.60. The lowest BCUT2D eigenvalue weighted by Crippen LogP contribution is -2.44. The highest BCUT2D eigenvalue weighted by atomic mass is 16.6. The summed E-state index contributed by atoms with van der Waals surface area (Å²) in [5.41, 5.74) is 0.707. The third-order valence-electron chi connectivity index (χ3n) is 6.32. The molecule has 3 aromatic rings. The molecular formula is C27H23N3O5. The Bertz CT molecular complexity index is 1240. The molecule has 3 aromatic carbocycles. The van der Waals surface area contributed by atoms with Gasteiger partial charge in [-0.3, -0.25) is 14.9 Å². The highest BCUT2D eigenvalue weighted by molar-refractivity contribution is 6.28.